The van der Waals surface area contributed by atoms with E-state index in [4.69, 9.17) is 9.47 Å². The monoisotopic (exact) mass is 278 g/mol. The highest BCUT2D eigenvalue weighted by molar-refractivity contribution is 6.29. The van der Waals surface area contributed by atoms with Gasteiger partial charge in [-0.15, -0.1) is 11.8 Å². The molecule has 0 N–H and O–H groups in total. The summed E-state index contributed by atoms with van der Waals surface area (Å²) in [6.07, 6.45) is 4.52. The number of carbonyl (C=O) groups excluding carboxylic acids is 2. The fraction of sp³-hybridized carbons (Fsp3) is 0.625. The van der Waals surface area contributed by atoms with E-state index in [1.54, 1.807) is 0 Å². The highest BCUT2D eigenvalue weighted by Gasteiger charge is 2.16. The Kier molecular flexibility index (Phi) is 12.2. The fourth-order valence-corrected chi connectivity index (χ4v) is 1.11. The van der Waals surface area contributed by atoms with Crippen LogP contribution in [0.3, 0.4) is 0 Å². The quantitative estimate of drug-likeness (QED) is 0.324. The van der Waals surface area contributed by atoms with E-state index in [1.165, 1.54) is 0 Å². The van der Waals surface area contributed by atoms with Crippen molar-refractivity contribution >= 4 is 11.9 Å². The Bertz CT molecular complexity index is 364. The number of carbonyl (C=O) groups is 2. The van der Waals surface area contributed by atoms with E-state index in [0.29, 0.717) is 12.8 Å². The number of hydrogen-bond donors (Lipinski definition) is 0. The topological polar surface area (TPSA) is 52.6 Å². The van der Waals surface area contributed by atoms with Gasteiger partial charge in [-0.3, -0.25) is 0 Å². The SMILES string of the molecule is CCCC#CCCOC(=O)C(=O)OCCC#CCCC. The first-order valence-corrected chi connectivity index (χ1v) is 6.97. The molecule has 0 bridgehead atoms. The lowest BCUT2D eigenvalue weighted by atomic mass is 10.3. The average molecular weight is 278 g/mol. The third kappa shape index (κ3) is 11.2. The summed E-state index contributed by atoms with van der Waals surface area (Å²) in [4.78, 5) is 22.4. The first kappa shape index (κ1) is 18.1. The number of esters is 2. The number of rotatable bonds is 6. The Labute approximate surface area is 121 Å². The lowest BCUT2D eigenvalue weighted by Gasteiger charge is -2.02. The molecule has 0 rings (SSSR count). The maximum atomic E-state index is 11.2. The van der Waals surface area contributed by atoms with Crippen molar-refractivity contribution in [2.24, 2.45) is 0 Å². The third-order valence-electron chi connectivity index (χ3n) is 2.09. The van der Waals surface area contributed by atoms with Gasteiger partial charge < -0.3 is 9.47 Å². The number of unbranched alkanes of at least 4 members (excludes halogenated alkanes) is 2. The summed E-state index contributed by atoms with van der Waals surface area (Å²) in [6.45, 7) is 4.30. The fourth-order valence-electron chi connectivity index (χ4n) is 1.11. The molecule has 0 spiro atoms. The lowest BCUT2D eigenvalue weighted by Crippen LogP contribution is -2.21. The number of ether oxygens (including phenoxy) is 2. The van der Waals surface area contributed by atoms with Crippen LogP contribution in [0.2, 0.25) is 0 Å². The molecule has 0 fully saturated rings. The Hall–Kier alpha value is -1.94. The maximum Gasteiger partial charge on any atom is 0.417 e. The minimum absolute atomic E-state index is 0.112. The van der Waals surface area contributed by atoms with Gasteiger partial charge in [0.2, 0.25) is 0 Å². The molecule has 0 radical (unpaired) electrons. The molecule has 0 aliphatic heterocycles. The van der Waals surface area contributed by atoms with Gasteiger partial charge in [-0.1, -0.05) is 25.7 Å². The van der Waals surface area contributed by atoms with Gasteiger partial charge in [0.15, 0.2) is 0 Å². The van der Waals surface area contributed by atoms with Gasteiger partial charge in [0, 0.05) is 25.7 Å². The molecule has 0 aliphatic carbocycles. The number of hydrogen-bond acceptors (Lipinski definition) is 4. The molecule has 0 saturated carbocycles. The molecule has 0 aromatic carbocycles. The van der Waals surface area contributed by atoms with Crippen LogP contribution >= 0.6 is 0 Å². The molecule has 0 amide bonds. The average Bonchev–Trinajstić information content (AvgIpc) is 2.45. The minimum Gasteiger partial charge on any atom is -0.456 e. The van der Waals surface area contributed by atoms with Crippen LogP contribution in [0.4, 0.5) is 0 Å². The normalized spacial score (nSPS) is 8.70. The van der Waals surface area contributed by atoms with Crippen molar-refractivity contribution in [1.82, 2.24) is 0 Å². The van der Waals surface area contributed by atoms with Crippen molar-refractivity contribution in [2.45, 2.75) is 52.4 Å². The van der Waals surface area contributed by atoms with Gasteiger partial charge in [0.05, 0.1) is 0 Å². The summed E-state index contributed by atoms with van der Waals surface area (Å²) in [7, 11) is 0. The van der Waals surface area contributed by atoms with Gasteiger partial charge in [0.25, 0.3) is 0 Å². The van der Waals surface area contributed by atoms with Gasteiger partial charge in [-0.2, -0.15) is 0 Å². The molecule has 0 aliphatic rings. The van der Waals surface area contributed by atoms with Crippen molar-refractivity contribution < 1.29 is 19.1 Å². The first-order chi connectivity index (χ1) is 9.72. The van der Waals surface area contributed by atoms with Gasteiger partial charge in [0.1, 0.15) is 13.2 Å². The van der Waals surface area contributed by atoms with Crippen molar-refractivity contribution in [3.8, 4) is 23.7 Å². The van der Waals surface area contributed by atoms with Crippen LogP contribution in [-0.4, -0.2) is 25.2 Å². The smallest absolute Gasteiger partial charge is 0.417 e. The molecule has 4 heteroatoms. The summed E-state index contributed by atoms with van der Waals surface area (Å²) >= 11 is 0. The Morgan fingerprint density at radius 1 is 0.700 bits per heavy atom. The molecule has 0 unspecified atom stereocenters. The van der Waals surface area contributed by atoms with Crippen LogP contribution in [0.15, 0.2) is 0 Å². The predicted octanol–water partition coefficient (Wildman–Crippen LogP) is 2.46. The van der Waals surface area contributed by atoms with Crippen LogP contribution in [0, 0.1) is 23.7 Å². The minimum atomic E-state index is -0.969. The second-order valence-corrected chi connectivity index (χ2v) is 3.98. The zero-order chi connectivity index (χ0) is 15.1. The van der Waals surface area contributed by atoms with Crippen molar-refractivity contribution in [1.29, 1.82) is 0 Å². The molecule has 0 aromatic rings. The van der Waals surface area contributed by atoms with Crippen molar-refractivity contribution in [3.63, 3.8) is 0 Å². The second kappa shape index (κ2) is 13.5. The summed E-state index contributed by atoms with van der Waals surface area (Å²) < 4.78 is 9.46. The van der Waals surface area contributed by atoms with E-state index in [9.17, 15) is 9.59 Å². The first-order valence-electron chi connectivity index (χ1n) is 6.97. The maximum absolute atomic E-state index is 11.2. The zero-order valence-corrected chi connectivity index (χ0v) is 12.3. The highest BCUT2D eigenvalue weighted by atomic mass is 16.6. The second-order valence-electron chi connectivity index (χ2n) is 3.98. The van der Waals surface area contributed by atoms with Crippen LogP contribution in [-0.2, 0) is 19.1 Å². The van der Waals surface area contributed by atoms with E-state index >= 15 is 0 Å². The molecule has 20 heavy (non-hydrogen) atoms. The van der Waals surface area contributed by atoms with E-state index < -0.39 is 11.9 Å². The highest BCUT2D eigenvalue weighted by Crippen LogP contribution is 1.90. The van der Waals surface area contributed by atoms with Crippen molar-refractivity contribution in [2.75, 3.05) is 13.2 Å². The standard InChI is InChI=1S/C16H22O4/c1-3-5-7-9-11-13-19-15(17)16(18)20-14-12-10-8-6-4-2/h3-6,11-14H2,1-2H3. The molecule has 0 aromatic heterocycles. The van der Waals surface area contributed by atoms with E-state index in [1.807, 2.05) is 13.8 Å². The van der Waals surface area contributed by atoms with Gasteiger partial charge in [-0.25, -0.2) is 9.59 Å². The van der Waals surface area contributed by atoms with Crippen LogP contribution in [0.25, 0.3) is 0 Å². The predicted molar refractivity (Wildman–Crippen MR) is 76.5 cm³/mol. The van der Waals surface area contributed by atoms with E-state index in [-0.39, 0.29) is 13.2 Å². The zero-order valence-electron chi connectivity index (χ0n) is 12.3. The largest absolute Gasteiger partial charge is 0.456 e. The molecule has 0 atom stereocenters. The van der Waals surface area contributed by atoms with Crippen LogP contribution < -0.4 is 0 Å². The van der Waals surface area contributed by atoms with Crippen LogP contribution in [0.1, 0.15) is 52.4 Å². The summed E-state index contributed by atoms with van der Waals surface area (Å²) in [5.41, 5.74) is 0. The molecule has 0 saturated heterocycles. The molecular formula is C16H22O4. The Balaban J connectivity index is 3.65. The summed E-state index contributed by atoms with van der Waals surface area (Å²) in [5, 5.41) is 0. The summed E-state index contributed by atoms with van der Waals surface area (Å²) in [6, 6.07) is 0. The lowest BCUT2D eigenvalue weighted by molar-refractivity contribution is -0.167. The molecule has 4 nitrogen and oxygen atoms in total. The van der Waals surface area contributed by atoms with E-state index in [2.05, 4.69) is 23.7 Å². The Morgan fingerprint density at radius 2 is 1.05 bits per heavy atom. The molecular weight excluding hydrogens is 256 g/mol. The van der Waals surface area contributed by atoms with E-state index in [0.717, 1.165) is 25.7 Å². The van der Waals surface area contributed by atoms with Crippen LogP contribution in [0.5, 0.6) is 0 Å². The van der Waals surface area contributed by atoms with Crippen molar-refractivity contribution in [3.05, 3.63) is 0 Å². The van der Waals surface area contributed by atoms with Gasteiger partial charge >= 0.3 is 11.9 Å². The third-order valence-corrected chi connectivity index (χ3v) is 2.09. The summed E-state index contributed by atoms with van der Waals surface area (Å²) in [5.74, 6) is 9.62. The van der Waals surface area contributed by atoms with Gasteiger partial charge in [-0.05, 0) is 12.8 Å². The Morgan fingerprint density at radius 3 is 1.40 bits per heavy atom. The molecule has 0 heterocycles. The molecule has 110 valence electrons.